The molecule has 2 amide bonds. The van der Waals surface area contributed by atoms with Gasteiger partial charge in [-0.1, -0.05) is 24.3 Å². The van der Waals surface area contributed by atoms with E-state index in [4.69, 9.17) is 4.74 Å². The van der Waals surface area contributed by atoms with Crippen molar-refractivity contribution in [1.29, 1.82) is 0 Å². The fourth-order valence-corrected chi connectivity index (χ4v) is 3.37. The van der Waals surface area contributed by atoms with Gasteiger partial charge in [-0.3, -0.25) is 14.5 Å². The molecule has 0 aliphatic carbocycles. The zero-order valence-corrected chi connectivity index (χ0v) is 14.7. The van der Waals surface area contributed by atoms with Crippen LogP contribution in [-0.2, 0) is 9.59 Å². The lowest BCUT2D eigenvalue weighted by Gasteiger charge is -2.31. The fraction of sp³-hybridized carbons (Fsp3) is 0.238. The van der Waals surface area contributed by atoms with Crippen LogP contribution < -0.4 is 9.64 Å². The van der Waals surface area contributed by atoms with Gasteiger partial charge in [-0.25, -0.2) is 4.39 Å². The van der Waals surface area contributed by atoms with Gasteiger partial charge in [-0.2, -0.15) is 0 Å². The molecule has 4 rings (SSSR count). The zero-order valence-electron chi connectivity index (χ0n) is 14.7. The highest BCUT2D eigenvalue weighted by Gasteiger charge is 2.33. The number of rotatable bonds is 3. The molecule has 0 radical (unpaired) electrons. The van der Waals surface area contributed by atoms with Crippen molar-refractivity contribution in [3.63, 3.8) is 0 Å². The van der Waals surface area contributed by atoms with Crippen molar-refractivity contribution in [2.24, 2.45) is 0 Å². The third-order valence-corrected chi connectivity index (χ3v) is 4.73. The summed E-state index contributed by atoms with van der Waals surface area (Å²) in [5, 5.41) is 0. The van der Waals surface area contributed by atoms with Gasteiger partial charge in [-0.15, -0.1) is 0 Å². The van der Waals surface area contributed by atoms with Gasteiger partial charge in [0.1, 0.15) is 12.4 Å². The molecule has 0 aromatic heterocycles. The maximum atomic E-state index is 13.5. The molecule has 138 valence electrons. The average molecular weight is 366 g/mol. The first-order chi connectivity index (χ1) is 13.1. The van der Waals surface area contributed by atoms with Crippen LogP contribution in [0.3, 0.4) is 0 Å². The van der Waals surface area contributed by atoms with E-state index in [9.17, 15) is 14.0 Å². The Kier molecular flexibility index (Phi) is 4.62. The number of fused-ring (bicyclic) bond motifs is 1. The van der Waals surface area contributed by atoms with Crippen LogP contribution in [0.25, 0.3) is 6.08 Å². The Bertz CT molecular complexity index is 919. The second kappa shape index (κ2) is 7.23. The normalized spacial score (nSPS) is 17.8. The van der Waals surface area contributed by atoms with Crippen LogP contribution in [0.15, 0.2) is 54.3 Å². The molecule has 6 heteroatoms. The van der Waals surface area contributed by atoms with Gasteiger partial charge in [0.05, 0.1) is 5.69 Å². The highest BCUT2D eigenvalue weighted by atomic mass is 19.1. The largest absolute Gasteiger partial charge is 0.449 e. The van der Waals surface area contributed by atoms with Crippen LogP contribution in [-0.4, -0.2) is 36.3 Å². The van der Waals surface area contributed by atoms with E-state index < -0.39 is 11.7 Å². The molecule has 0 atom stereocenters. The first kappa shape index (κ1) is 17.3. The number of anilines is 1. The molecule has 0 N–H and O–H groups in total. The van der Waals surface area contributed by atoms with Gasteiger partial charge in [0.15, 0.2) is 11.5 Å². The fourth-order valence-electron chi connectivity index (χ4n) is 3.37. The summed E-state index contributed by atoms with van der Waals surface area (Å²) in [6.45, 7) is 1.41. The number of para-hydroxylation sites is 2. The maximum absolute atomic E-state index is 13.5. The van der Waals surface area contributed by atoms with Crippen molar-refractivity contribution in [1.82, 2.24) is 4.90 Å². The summed E-state index contributed by atoms with van der Waals surface area (Å²) >= 11 is 0. The van der Waals surface area contributed by atoms with Gasteiger partial charge in [0.2, 0.25) is 5.91 Å². The monoisotopic (exact) mass is 366 g/mol. The quantitative estimate of drug-likeness (QED) is 0.784. The van der Waals surface area contributed by atoms with E-state index in [0.29, 0.717) is 17.0 Å². The number of carbonyl (C=O) groups excluding carboxylic acids is 2. The minimum absolute atomic E-state index is 0.0420. The second-order valence-electron chi connectivity index (χ2n) is 6.61. The molecular formula is C21H19FN2O3. The van der Waals surface area contributed by atoms with Crippen molar-refractivity contribution >= 4 is 23.6 Å². The summed E-state index contributed by atoms with van der Waals surface area (Å²) in [6, 6.07) is 13.0. The molecule has 5 nitrogen and oxygen atoms in total. The van der Waals surface area contributed by atoms with Gasteiger partial charge < -0.3 is 9.64 Å². The minimum Gasteiger partial charge on any atom is -0.449 e. The Morgan fingerprint density at radius 2 is 1.89 bits per heavy atom. The van der Waals surface area contributed by atoms with E-state index >= 15 is 0 Å². The summed E-state index contributed by atoms with van der Waals surface area (Å²) in [4.78, 5) is 28.8. The van der Waals surface area contributed by atoms with Crippen molar-refractivity contribution in [3.8, 4) is 5.75 Å². The third-order valence-electron chi connectivity index (χ3n) is 4.73. The molecule has 1 fully saturated rings. The molecule has 2 aliphatic rings. The van der Waals surface area contributed by atoms with Crippen molar-refractivity contribution in [2.45, 2.75) is 12.8 Å². The number of nitrogens with zero attached hydrogens (tertiary/aromatic N) is 2. The molecule has 0 bridgehead atoms. The summed E-state index contributed by atoms with van der Waals surface area (Å²) in [5.41, 5.74) is 1.08. The molecule has 2 heterocycles. The minimum atomic E-state index is -0.412. The molecule has 1 saturated heterocycles. The van der Waals surface area contributed by atoms with Crippen molar-refractivity contribution < 1.29 is 18.7 Å². The van der Waals surface area contributed by atoms with Gasteiger partial charge in [0, 0.05) is 13.1 Å². The molecule has 0 unspecified atom stereocenters. The Morgan fingerprint density at radius 1 is 1.11 bits per heavy atom. The van der Waals surface area contributed by atoms with E-state index in [1.165, 1.54) is 23.1 Å². The zero-order chi connectivity index (χ0) is 18.8. The Hall–Kier alpha value is -3.15. The predicted molar refractivity (Wildman–Crippen MR) is 99.6 cm³/mol. The molecule has 2 aromatic carbocycles. The summed E-state index contributed by atoms with van der Waals surface area (Å²) in [7, 11) is 0. The van der Waals surface area contributed by atoms with E-state index in [-0.39, 0.29) is 18.2 Å². The lowest BCUT2D eigenvalue weighted by atomic mass is 10.1. The lowest BCUT2D eigenvalue weighted by molar-refractivity contribution is -0.130. The molecule has 2 aliphatic heterocycles. The first-order valence-electron chi connectivity index (χ1n) is 8.95. The third kappa shape index (κ3) is 3.56. The number of hydrogen-bond donors (Lipinski definition) is 0. The average Bonchev–Trinajstić information content (AvgIpc) is 3.20. The smallest absolute Gasteiger partial charge is 0.294 e. The topological polar surface area (TPSA) is 49.9 Å². The summed E-state index contributed by atoms with van der Waals surface area (Å²) in [6.07, 6.45) is 3.48. The van der Waals surface area contributed by atoms with Gasteiger partial charge in [0.25, 0.3) is 5.91 Å². The summed E-state index contributed by atoms with van der Waals surface area (Å²) in [5.74, 6) is -0.329. The van der Waals surface area contributed by atoms with E-state index in [1.54, 1.807) is 41.3 Å². The lowest BCUT2D eigenvalue weighted by Crippen LogP contribution is -2.45. The van der Waals surface area contributed by atoms with Crippen LogP contribution in [0, 0.1) is 5.82 Å². The Labute approximate surface area is 156 Å². The number of amides is 2. The first-order valence-corrected chi connectivity index (χ1v) is 8.95. The predicted octanol–water partition coefficient (Wildman–Crippen LogP) is 3.21. The highest BCUT2D eigenvalue weighted by molar-refractivity contribution is 6.12. The summed E-state index contributed by atoms with van der Waals surface area (Å²) < 4.78 is 19.2. The van der Waals surface area contributed by atoms with Crippen LogP contribution in [0.4, 0.5) is 10.1 Å². The molecule has 27 heavy (non-hydrogen) atoms. The number of carbonyl (C=O) groups is 2. The van der Waals surface area contributed by atoms with Gasteiger partial charge >= 0.3 is 0 Å². The number of ether oxygens (including phenoxy) is 1. The number of halogens is 1. The van der Waals surface area contributed by atoms with E-state index in [1.807, 2.05) is 0 Å². The molecule has 0 saturated carbocycles. The van der Waals surface area contributed by atoms with Crippen molar-refractivity contribution in [3.05, 3.63) is 65.7 Å². The number of likely N-dealkylation sites (tertiary alicyclic amines) is 1. The molecular weight excluding hydrogens is 347 g/mol. The standard InChI is InChI=1S/C21H19FN2O3/c22-16-7-5-6-15(12-16)13-19-21(26)24(14-20(25)23-10-3-4-11-23)17-8-1-2-9-18(17)27-19/h1-2,5-9,12-13H,3-4,10-11,14H2/b19-13+. The van der Waals surface area contributed by atoms with Gasteiger partial charge in [-0.05, 0) is 48.7 Å². The van der Waals surface area contributed by atoms with Crippen LogP contribution >= 0.6 is 0 Å². The van der Waals surface area contributed by atoms with Crippen LogP contribution in [0.5, 0.6) is 5.75 Å². The number of hydrogen-bond acceptors (Lipinski definition) is 3. The molecule has 2 aromatic rings. The van der Waals surface area contributed by atoms with Crippen LogP contribution in [0.1, 0.15) is 18.4 Å². The van der Waals surface area contributed by atoms with Crippen LogP contribution in [0.2, 0.25) is 0 Å². The van der Waals surface area contributed by atoms with Crippen molar-refractivity contribution in [2.75, 3.05) is 24.5 Å². The SMILES string of the molecule is O=C(CN1C(=O)/C(=C\c2cccc(F)c2)Oc2ccccc21)N1CCCC1. The second-order valence-corrected chi connectivity index (χ2v) is 6.61. The highest BCUT2D eigenvalue weighted by Crippen LogP contribution is 2.35. The Morgan fingerprint density at radius 3 is 2.67 bits per heavy atom. The van der Waals surface area contributed by atoms with E-state index in [0.717, 1.165) is 25.9 Å². The Balaban J connectivity index is 1.66. The molecule has 0 spiro atoms. The van der Waals surface area contributed by atoms with E-state index in [2.05, 4.69) is 0 Å². The maximum Gasteiger partial charge on any atom is 0.294 e. The number of benzene rings is 2.